The summed E-state index contributed by atoms with van der Waals surface area (Å²) in [5.74, 6) is 0.949. The molecule has 6 heteroatoms. The molecule has 1 aromatic carbocycles. The number of ether oxygens (including phenoxy) is 1. The van der Waals surface area contributed by atoms with E-state index in [9.17, 15) is 4.79 Å². The van der Waals surface area contributed by atoms with Crippen LogP contribution in [0.25, 0.3) is 21.7 Å². The highest BCUT2D eigenvalue weighted by atomic mass is 35.5. The molecule has 0 aliphatic carbocycles. The normalized spacial score (nSPS) is 14.0. The number of nitrogens with zero attached hydrogens (tertiary/aromatic N) is 2. The summed E-state index contributed by atoms with van der Waals surface area (Å²) in [6.45, 7) is 11.0. The highest BCUT2D eigenvalue weighted by molar-refractivity contribution is 6.33. The predicted octanol–water partition coefficient (Wildman–Crippen LogP) is 4.67. The fourth-order valence-electron chi connectivity index (χ4n) is 3.96. The SMILES string of the molecule is CCn1c(=O)c2cc(OC[C@@](C)(N)CC(C)C)c(Cl)cc2c2ccnc(C)c21. The number of hydrogen-bond acceptors (Lipinski definition) is 4. The van der Waals surface area contributed by atoms with Crippen LogP contribution >= 0.6 is 11.6 Å². The Balaban J connectivity index is 2.14. The van der Waals surface area contributed by atoms with Gasteiger partial charge in [0.15, 0.2) is 0 Å². The maximum atomic E-state index is 13.1. The van der Waals surface area contributed by atoms with Crippen LogP contribution in [0.2, 0.25) is 5.02 Å². The van der Waals surface area contributed by atoms with Gasteiger partial charge in [-0.1, -0.05) is 25.4 Å². The summed E-state index contributed by atoms with van der Waals surface area (Å²) in [4.78, 5) is 17.5. The summed E-state index contributed by atoms with van der Waals surface area (Å²) in [7, 11) is 0. The summed E-state index contributed by atoms with van der Waals surface area (Å²) in [6, 6.07) is 5.48. The Morgan fingerprint density at radius 1 is 1.29 bits per heavy atom. The maximum Gasteiger partial charge on any atom is 0.259 e. The van der Waals surface area contributed by atoms with Crippen LogP contribution < -0.4 is 16.0 Å². The van der Waals surface area contributed by atoms with Crippen LogP contribution in [0.4, 0.5) is 0 Å². The first-order chi connectivity index (χ1) is 13.1. The lowest BCUT2D eigenvalue weighted by Gasteiger charge is -2.27. The van der Waals surface area contributed by atoms with Crippen molar-refractivity contribution < 1.29 is 4.74 Å². The van der Waals surface area contributed by atoms with Gasteiger partial charge in [0.25, 0.3) is 5.56 Å². The van der Waals surface area contributed by atoms with Crippen molar-refractivity contribution >= 4 is 33.3 Å². The van der Waals surface area contributed by atoms with Gasteiger partial charge in [-0.15, -0.1) is 0 Å². The number of aromatic nitrogens is 2. The predicted molar refractivity (Wildman–Crippen MR) is 116 cm³/mol. The van der Waals surface area contributed by atoms with E-state index in [1.165, 1.54) is 0 Å². The first-order valence-electron chi connectivity index (χ1n) is 9.67. The van der Waals surface area contributed by atoms with Gasteiger partial charge in [0.05, 0.1) is 21.6 Å². The third kappa shape index (κ3) is 3.87. The summed E-state index contributed by atoms with van der Waals surface area (Å²) in [5.41, 5.74) is 7.48. The van der Waals surface area contributed by atoms with E-state index in [-0.39, 0.29) is 5.56 Å². The standard InChI is InChI=1S/C22H28ClN3O2/c1-6-26-20-14(4)25-8-7-15(20)16-9-18(23)19(10-17(16)21(26)27)28-12-22(5,24)11-13(2)3/h7-10,13H,6,11-12,24H2,1-5H3/t22-/m0/s1. The molecule has 150 valence electrons. The van der Waals surface area contributed by atoms with Gasteiger partial charge in [0.2, 0.25) is 0 Å². The van der Waals surface area contributed by atoms with E-state index in [1.54, 1.807) is 16.8 Å². The number of fused-ring (bicyclic) bond motifs is 3. The minimum Gasteiger partial charge on any atom is -0.490 e. The Bertz CT molecular complexity index is 1090. The van der Waals surface area contributed by atoms with Crippen molar-refractivity contribution in [2.75, 3.05) is 6.61 Å². The summed E-state index contributed by atoms with van der Waals surface area (Å²) in [6.07, 6.45) is 2.59. The molecule has 0 spiro atoms. The number of rotatable bonds is 6. The van der Waals surface area contributed by atoms with Crippen molar-refractivity contribution in [1.82, 2.24) is 9.55 Å². The van der Waals surface area contributed by atoms with E-state index in [2.05, 4.69) is 18.8 Å². The first kappa shape index (κ1) is 20.6. The van der Waals surface area contributed by atoms with Crippen molar-refractivity contribution in [3.63, 3.8) is 0 Å². The van der Waals surface area contributed by atoms with Crippen LogP contribution in [0.5, 0.6) is 5.75 Å². The number of nitrogens with two attached hydrogens (primary N) is 1. The molecule has 0 aliphatic heterocycles. The van der Waals surface area contributed by atoms with Crippen LogP contribution in [0, 0.1) is 12.8 Å². The van der Waals surface area contributed by atoms with Crippen molar-refractivity contribution in [2.45, 2.75) is 53.1 Å². The summed E-state index contributed by atoms with van der Waals surface area (Å²) < 4.78 is 7.71. The molecule has 0 fully saturated rings. The number of aryl methyl sites for hydroxylation is 2. The van der Waals surface area contributed by atoms with E-state index in [0.717, 1.165) is 28.4 Å². The Labute approximate surface area is 170 Å². The highest BCUT2D eigenvalue weighted by Gasteiger charge is 2.22. The molecule has 2 heterocycles. The smallest absolute Gasteiger partial charge is 0.259 e. The molecule has 0 bridgehead atoms. The molecular formula is C22H28ClN3O2. The number of hydrogen-bond donors (Lipinski definition) is 1. The number of pyridine rings is 2. The minimum absolute atomic E-state index is 0.0692. The van der Waals surface area contributed by atoms with E-state index in [4.69, 9.17) is 22.1 Å². The van der Waals surface area contributed by atoms with Gasteiger partial charge in [-0.25, -0.2) is 0 Å². The molecule has 1 atom stereocenters. The average Bonchev–Trinajstić information content (AvgIpc) is 2.60. The van der Waals surface area contributed by atoms with Crippen LogP contribution in [0.15, 0.2) is 29.2 Å². The number of halogens is 1. The molecule has 2 N–H and O–H groups in total. The molecule has 0 saturated heterocycles. The molecule has 5 nitrogen and oxygen atoms in total. The van der Waals surface area contributed by atoms with Crippen LogP contribution in [0.3, 0.4) is 0 Å². The Morgan fingerprint density at radius 3 is 2.64 bits per heavy atom. The summed E-state index contributed by atoms with van der Waals surface area (Å²) in [5, 5.41) is 2.82. The lowest BCUT2D eigenvalue weighted by atomic mass is 9.93. The third-order valence-corrected chi connectivity index (χ3v) is 5.26. The quantitative estimate of drug-likeness (QED) is 0.609. The van der Waals surface area contributed by atoms with Crippen LogP contribution in [0.1, 0.15) is 39.8 Å². The Kier molecular flexibility index (Phi) is 5.69. The maximum absolute atomic E-state index is 13.1. The zero-order chi connectivity index (χ0) is 20.6. The monoisotopic (exact) mass is 401 g/mol. The number of benzene rings is 1. The topological polar surface area (TPSA) is 70.1 Å². The second-order valence-electron chi connectivity index (χ2n) is 8.21. The molecule has 0 saturated carbocycles. The van der Waals surface area contributed by atoms with Crippen molar-refractivity contribution in [3.05, 3.63) is 45.5 Å². The van der Waals surface area contributed by atoms with Gasteiger partial charge in [0, 0.05) is 23.7 Å². The van der Waals surface area contributed by atoms with E-state index in [1.807, 2.05) is 32.9 Å². The first-order valence-corrected chi connectivity index (χ1v) is 10.1. The Morgan fingerprint density at radius 2 is 2.00 bits per heavy atom. The van der Waals surface area contributed by atoms with Crippen LogP contribution in [-0.2, 0) is 6.54 Å². The molecule has 0 amide bonds. The lowest BCUT2D eigenvalue weighted by Crippen LogP contribution is -2.43. The van der Waals surface area contributed by atoms with Crippen molar-refractivity contribution in [1.29, 1.82) is 0 Å². The second-order valence-corrected chi connectivity index (χ2v) is 8.62. The zero-order valence-electron chi connectivity index (χ0n) is 17.2. The largest absolute Gasteiger partial charge is 0.490 e. The molecule has 2 aromatic heterocycles. The fraction of sp³-hybridized carbons (Fsp3) is 0.455. The second kappa shape index (κ2) is 7.72. The lowest BCUT2D eigenvalue weighted by molar-refractivity contribution is 0.207. The molecule has 0 radical (unpaired) electrons. The van der Waals surface area contributed by atoms with E-state index < -0.39 is 5.54 Å². The van der Waals surface area contributed by atoms with Gasteiger partial charge >= 0.3 is 0 Å². The van der Waals surface area contributed by atoms with Gasteiger partial charge in [-0.3, -0.25) is 9.78 Å². The average molecular weight is 402 g/mol. The van der Waals surface area contributed by atoms with E-state index in [0.29, 0.717) is 35.2 Å². The van der Waals surface area contributed by atoms with Crippen molar-refractivity contribution in [2.24, 2.45) is 11.7 Å². The fourth-order valence-corrected chi connectivity index (χ4v) is 4.18. The minimum atomic E-state index is -0.470. The molecule has 3 rings (SSSR count). The van der Waals surface area contributed by atoms with E-state index >= 15 is 0 Å². The highest BCUT2D eigenvalue weighted by Crippen LogP contribution is 2.33. The summed E-state index contributed by atoms with van der Waals surface area (Å²) >= 11 is 6.51. The molecule has 0 aliphatic rings. The zero-order valence-corrected chi connectivity index (χ0v) is 17.9. The Hall–Kier alpha value is -2.11. The third-order valence-electron chi connectivity index (χ3n) is 4.96. The molecule has 28 heavy (non-hydrogen) atoms. The molecular weight excluding hydrogens is 374 g/mol. The van der Waals surface area contributed by atoms with Gasteiger partial charge in [0.1, 0.15) is 12.4 Å². The van der Waals surface area contributed by atoms with Crippen LogP contribution in [-0.4, -0.2) is 21.7 Å². The molecule has 0 unspecified atom stereocenters. The van der Waals surface area contributed by atoms with Gasteiger partial charge < -0.3 is 15.0 Å². The van der Waals surface area contributed by atoms with Gasteiger partial charge in [-0.05, 0) is 56.7 Å². The molecule has 3 aromatic rings. The van der Waals surface area contributed by atoms with Crippen molar-refractivity contribution in [3.8, 4) is 5.75 Å². The van der Waals surface area contributed by atoms with Gasteiger partial charge in [-0.2, -0.15) is 0 Å².